The number of para-hydroxylation sites is 1. The Bertz CT molecular complexity index is 557. The highest BCUT2D eigenvalue weighted by Crippen LogP contribution is 2.32. The Morgan fingerprint density at radius 3 is 2.11 bits per heavy atom. The molecule has 0 unspecified atom stereocenters. The van der Waals surface area contributed by atoms with Gasteiger partial charge >= 0.3 is 0 Å². The third kappa shape index (κ3) is 3.23. The molecule has 18 heavy (non-hydrogen) atoms. The second kappa shape index (κ2) is 6.01. The minimum absolute atomic E-state index is 0.0668. The van der Waals surface area contributed by atoms with Crippen LogP contribution in [0.3, 0.4) is 0 Å². The number of hydrogen-bond acceptors (Lipinski definition) is 2. The maximum absolute atomic E-state index is 11.4. The van der Waals surface area contributed by atoms with E-state index >= 15 is 0 Å². The van der Waals surface area contributed by atoms with E-state index in [4.69, 9.17) is 4.74 Å². The molecule has 0 aliphatic rings. The van der Waals surface area contributed by atoms with E-state index in [0.717, 1.165) is 18.6 Å². The van der Waals surface area contributed by atoms with Crippen LogP contribution in [0.15, 0.2) is 42.5 Å². The van der Waals surface area contributed by atoms with Gasteiger partial charge in [0.1, 0.15) is 5.75 Å². The summed E-state index contributed by atoms with van der Waals surface area (Å²) >= 11 is 4.38. The van der Waals surface area contributed by atoms with Crippen molar-refractivity contribution in [2.24, 2.45) is 0 Å². The van der Waals surface area contributed by atoms with Gasteiger partial charge in [-0.25, -0.2) is 0 Å². The van der Waals surface area contributed by atoms with Gasteiger partial charge < -0.3 is 4.74 Å². The number of hydrogen-bond donors (Lipinski definition) is 0. The summed E-state index contributed by atoms with van der Waals surface area (Å²) in [6, 6.07) is 13.3. The smallest absolute Gasteiger partial charge is 0.159 e. The topological polar surface area (TPSA) is 26.3 Å². The van der Waals surface area contributed by atoms with Crippen LogP contribution in [0.5, 0.6) is 11.5 Å². The quantitative estimate of drug-likeness (QED) is 0.478. The third-order valence-corrected chi connectivity index (χ3v) is 3.97. The zero-order chi connectivity index (χ0) is 13.1. The largest absolute Gasteiger partial charge is 0.455 e. The molecule has 0 aromatic heterocycles. The van der Waals surface area contributed by atoms with Crippen LogP contribution in [0, 0.1) is 7.14 Å². The summed E-state index contributed by atoms with van der Waals surface area (Å²) in [4.78, 5) is 11.4. The summed E-state index contributed by atoms with van der Waals surface area (Å²) < 4.78 is 7.73. The van der Waals surface area contributed by atoms with E-state index in [2.05, 4.69) is 45.2 Å². The Balaban J connectivity index is 2.37. The van der Waals surface area contributed by atoms with Crippen molar-refractivity contribution in [1.82, 2.24) is 0 Å². The molecular formula is C14H10I2O2. The molecule has 2 nitrogen and oxygen atoms in total. The first-order chi connectivity index (χ1) is 8.58. The minimum atomic E-state index is 0.0668. The highest BCUT2D eigenvalue weighted by Gasteiger charge is 2.11. The molecule has 0 radical (unpaired) electrons. The van der Waals surface area contributed by atoms with Crippen molar-refractivity contribution in [1.29, 1.82) is 0 Å². The van der Waals surface area contributed by atoms with Crippen molar-refractivity contribution in [3.05, 3.63) is 55.2 Å². The van der Waals surface area contributed by atoms with Gasteiger partial charge in [-0.2, -0.15) is 0 Å². The molecule has 0 aliphatic heterocycles. The monoisotopic (exact) mass is 464 g/mol. The highest BCUT2D eigenvalue weighted by atomic mass is 127. The molecule has 0 heterocycles. The van der Waals surface area contributed by atoms with Crippen LogP contribution >= 0.6 is 45.2 Å². The molecule has 92 valence electrons. The molecule has 0 N–H and O–H groups in total. The Labute approximate surface area is 133 Å². The van der Waals surface area contributed by atoms with E-state index in [9.17, 15) is 4.79 Å². The Morgan fingerprint density at radius 2 is 1.61 bits per heavy atom. The predicted octanol–water partition coefficient (Wildman–Crippen LogP) is 4.89. The molecule has 4 heteroatoms. The SMILES string of the molecule is CC(=O)c1cc(I)c(Oc2ccccc2)c(I)c1. The van der Waals surface area contributed by atoms with Gasteiger partial charge in [-0.3, -0.25) is 4.79 Å². The molecule has 0 aliphatic carbocycles. The average molecular weight is 464 g/mol. The van der Waals surface area contributed by atoms with Crippen LogP contribution in [0.1, 0.15) is 17.3 Å². The molecule has 2 aromatic carbocycles. The average Bonchev–Trinajstić information content (AvgIpc) is 2.34. The van der Waals surface area contributed by atoms with Crippen molar-refractivity contribution in [2.45, 2.75) is 6.92 Å². The number of ketones is 1. The fraction of sp³-hybridized carbons (Fsp3) is 0.0714. The number of Topliss-reactive ketones (excluding diaryl/α,β-unsaturated/α-hetero) is 1. The Morgan fingerprint density at radius 1 is 1.06 bits per heavy atom. The molecule has 2 aromatic rings. The Kier molecular flexibility index (Phi) is 4.60. The molecule has 2 rings (SSSR count). The van der Waals surface area contributed by atoms with Crippen molar-refractivity contribution in [2.75, 3.05) is 0 Å². The normalized spacial score (nSPS) is 10.2. The van der Waals surface area contributed by atoms with E-state index in [-0.39, 0.29) is 5.78 Å². The summed E-state index contributed by atoms with van der Waals surface area (Å²) in [6.07, 6.45) is 0. The van der Waals surface area contributed by atoms with Crippen LogP contribution in [0.2, 0.25) is 0 Å². The van der Waals surface area contributed by atoms with E-state index in [1.807, 2.05) is 42.5 Å². The fourth-order valence-corrected chi connectivity index (χ4v) is 3.46. The van der Waals surface area contributed by atoms with Crippen LogP contribution in [-0.4, -0.2) is 5.78 Å². The summed E-state index contributed by atoms with van der Waals surface area (Å²) in [7, 11) is 0. The first-order valence-corrected chi connectivity index (χ1v) is 7.46. The molecule has 0 spiro atoms. The van der Waals surface area contributed by atoms with Gasteiger partial charge in [0.05, 0.1) is 7.14 Å². The number of halogens is 2. The van der Waals surface area contributed by atoms with Gasteiger partial charge in [0, 0.05) is 5.56 Å². The molecule has 0 saturated carbocycles. The lowest BCUT2D eigenvalue weighted by Crippen LogP contribution is -1.97. The van der Waals surface area contributed by atoms with Crippen molar-refractivity contribution in [3.8, 4) is 11.5 Å². The summed E-state index contributed by atoms with van der Waals surface area (Å²) in [6.45, 7) is 1.57. The van der Waals surface area contributed by atoms with Crippen molar-refractivity contribution < 1.29 is 9.53 Å². The lowest BCUT2D eigenvalue weighted by molar-refractivity contribution is 0.101. The van der Waals surface area contributed by atoms with Crippen LogP contribution in [-0.2, 0) is 0 Å². The maximum atomic E-state index is 11.4. The molecule has 0 atom stereocenters. The first-order valence-electron chi connectivity index (χ1n) is 5.31. The standard InChI is InChI=1S/C14H10I2O2/c1-9(17)10-7-12(15)14(13(16)8-10)18-11-5-3-2-4-6-11/h2-8H,1H3. The lowest BCUT2D eigenvalue weighted by Gasteiger charge is -2.11. The summed E-state index contributed by atoms with van der Waals surface area (Å²) in [5.41, 5.74) is 0.712. The van der Waals surface area contributed by atoms with E-state index in [0.29, 0.717) is 5.56 Å². The van der Waals surface area contributed by atoms with Crippen LogP contribution in [0.25, 0.3) is 0 Å². The second-order valence-corrected chi connectivity index (χ2v) is 6.06. The van der Waals surface area contributed by atoms with Gasteiger partial charge in [0.15, 0.2) is 11.5 Å². The van der Waals surface area contributed by atoms with Gasteiger partial charge in [0.2, 0.25) is 0 Å². The predicted molar refractivity (Wildman–Crippen MR) is 88.4 cm³/mol. The number of benzene rings is 2. The minimum Gasteiger partial charge on any atom is -0.455 e. The van der Waals surface area contributed by atoms with Crippen LogP contribution < -0.4 is 4.74 Å². The van der Waals surface area contributed by atoms with Gasteiger partial charge in [-0.15, -0.1) is 0 Å². The number of carbonyl (C=O) groups is 1. The summed E-state index contributed by atoms with van der Waals surface area (Å²) in [5.74, 6) is 1.66. The van der Waals surface area contributed by atoms with Crippen LogP contribution in [0.4, 0.5) is 0 Å². The fourth-order valence-electron chi connectivity index (χ4n) is 1.47. The van der Waals surface area contributed by atoms with E-state index in [1.54, 1.807) is 6.92 Å². The van der Waals surface area contributed by atoms with Gasteiger partial charge in [-0.05, 0) is 76.4 Å². The Hall–Kier alpha value is -0.630. The summed E-state index contributed by atoms with van der Waals surface area (Å²) in [5, 5.41) is 0. The van der Waals surface area contributed by atoms with Crippen molar-refractivity contribution >= 4 is 51.0 Å². The molecule has 0 fully saturated rings. The van der Waals surface area contributed by atoms with Gasteiger partial charge in [-0.1, -0.05) is 18.2 Å². The zero-order valence-electron chi connectivity index (χ0n) is 9.61. The third-order valence-electron chi connectivity index (χ3n) is 2.37. The molecule has 0 amide bonds. The number of carbonyl (C=O) groups excluding carboxylic acids is 1. The van der Waals surface area contributed by atoms with E-state index in [1.165, 1.54) is 0 Å². The van der Waals surface area contributed by atoms with Crippen molar-refractivity contribution in [3.63, 3.8) is 0 Å². The molecule has 0 saturated heterocycles. The highest BCUT2D eigenvalue weighted by molar-refractivity contribution is 14.1. The zero-order valence-corrected chi connectivity index (χ0v) is 13.9. The van der Waals surface area contributed by atoms with E-state index < -0.39 is 0 Å². The molecular weight excluding hydrogens is 454 g/mol. The second-order valence-electron chi connectivity index (χ2n) is 3.74. The maximum Gasteiger partial charge on any atom is 0.159 e. The van der Waals surface area contributed by atoms with Gasteiger partial charge in [0.25, 0.3) is 0 Å². The lowest BCUT2D eigenvalue weighted by atomic mass is 10.1. The molecule has 0 bridgehead atoms. The number of ether oxygens (including phenoxy) is 1. The first kappa shape index (κ1) is 13.8. The number of rotatable bonds is 3.